The molecule has 0 fully saturated rings. The molecule has 65 heavy (non-hydrogen) atoms. The smallest absolute Gasteiger partial charge is 0.0165 e. The van der Waals surface area contributed by atoms with Gasteiger partial charge in [0.05, 0.1) is 0 Å². The van der Waals surface area contributed by atoms with Crippen molar-refractivity contribution in [1.82, 2.24) is 0 Å². The zero-order valence-corrected chi connectivity index (χ0v) is 36.3. The van der Waals surface area contributed by atoms with Gasteiger partial charge in [-0.25, -0.2) is 0 Å². The zero-order valence-electron chi connectivity index (χ0n) is 36.3. The molecule has 0 unspecified atom stereocenters. The lowest BCUT2D eigenvalue weighted by molar-refractivity contribution is 0.667. The van der Waals surface area contributed by atoms with Crippen molar-refractivity contribution in [1.29, 1.82) is 0 Å². The highest BCUT2D eigenvalue weighted by molar-refractivity contribution is 6.29. The molecule has 2 aliphatic carbocycles. The normalized spacial score (nSPS) is 13.2. The van der Waals surface area contributed by atoms with Crippen LogP contribution in [0.25, 0.3) is 132 Å². The van der Waals surface area contributed by atoms with Crippen LogP contribution in [0.2, 0.25) is 0 Å². The zero-order chi connectivity index (χ0) is 43.0. The molecule has 12 aromatic rings. The van der Waals surface area contributed by atoms with Crippen LogP contribution < -0.4 is 0 Å². The van der Waals surface area contributed by atoms with Gasteiger partial charge in [0.1, 0.15) is 0 Å². The number of benzene rings is 12. The monoisotopic (exact) mass is 822 g/mol. The molecule has 0 heteroatoms. The number of rotatable bonds is 4. The maximum atomic E-state index is 2.53. The van der Waals surface area contributed by atoms with Crippen molar-refractivity contribution in [3.8, 4) is 77.9 Å². The molecular formula is C65H42. The van der Waals surface area contributed by atoms with Crippen LogP contribution >= 0.6 is 0 Å². The van der Waals surface area contributed by atoms with E-state index in [1.165, 1.54) is 143 Å². The van der Waals surface area contributed by atoms with Crippen LogP contribution in [0.5, 0.6) is 0 Å². The van der Waals surface area contributed by atoms with Crippen molar-refractivity contribution in [2.45, 2.75) is 19.3 Å². The molecule has 0 atom stereocenters. The quantitative estimate of drug-likeness (QED) is 0.155. The Bertz CT molecular complexity index is 3910. The third-order valence-electron chi connectivity index (χ3n) is 14.9. The highest BCUT2D eigenvalue weighted by Gasteiger charge is 2.40. The summed E-state index contributed by atoms with van der Waals surface area (Å²) in [5.41, 5.74) is 20.7. The van der Waals surface area contributed by atoms with Crippen molar-refractivity contribution in [3.63, 3.8) is 0 Å². The molecule has 0 aliphatic heterocycles. The summed E-state index contributed by atoms with van der Waals surface area (Å²) in [4.78, 5) is 0. The molecule has 302 valence electrons. The van der Waals surface area contributed by atoms with E-state index in [2.05, 4.69) is 232 Å². The Kier molecular flexibility index (Phi) is 7.55. The fourth-order valence-corrected chi connectivity index (χ4v) is 12.3. The van der Waals surface area contributed by atoms with E-state index in [1.54, 1.807) is 0 Å². The largest absolute Gasteiger partial charge is 0.0622 e. The second kappa shape index (κ2) is 13.5. The molecule has 0 saturated carbocycles. The Morgan fingerprint density at radius 2 is 0.662 bits per heavy atom. The summed E-state index contributed by atoms with van der Waals surface area (Å²) in [5, 5.41) is 13.1. The molecule has 0 nitrogen and oxygen atoms in total. The summed E-state index contributed by atoms with van der Waals surface area (Å²) in [5.74, 6) is 0. The number of fused-ring (bicyclic) bond motifs is 14. The summed E-state index contributed by atoms with van der Waals surface area (Å²) in [7, 11) is 0. The highest BCUT2D eigenvalue weighted by Crippen LogP contribution is 2.60. The first-order chi connectivity index (χ1) is 32.1. The van der Waals surface area contributed by atoms with Crippen LogP contribution in [0.1, 0.15) is 25.0 Å². The van der Waals surface area contributed by atoms with Crippen LogP contribution in [0.15, 0.2) is 218 Å². The highest BCUT2D eigenvalue weighted by atomic mass is 14.4. The van der Waals surface area contributed by atoms with Gasteiger partial charge in [-0.2, -0.15) is 0 Å². The number of hydrogen-bond donors (Lipinski definition) is 0. The first-order valence-electron chi connectivity index (χ1n) is 22.9. The number of hydrogen-bond acceptors (Lipinski definition) is 0. The lowest BCUT2D eigenvalue weighted by Crippen LogP contribution is -2.16. The minimum atomic E-state index is -0.209. The lowest BCUT2D eigenvalue weighted by Gasteiger charge is -2.25. The van der Waals surface area contributed by atoms with Gasteiger partial charge >= 0.3 is 0 Å². The maximum absolute atomic E-state index is 2.53. The molecular weight excluding hydrogens is 781 g/mol. The first kappa shape index (κ1) is 36.4. The van der Waals surface area contributed by atoms with Gasteiger partial charge in [-0.1, -0.05) is 220 Å². The summed E-state index contributed by atoms with van der Waals surface area (Å²) < 4.78 is 0. The third kappa shape index (κ3) is 4.97. The molecule has 0 heterocycles. The average molecular weight is 823 g/mol. The first-order valence-corrected chi connectivity index (χ1v) is 22.9. The Balaban J connectivity index is 0.996. The SMILES string of the molecule is CC1(C)c2cc(-c3cccc(-c4ccc5c6c(cccc46)-c4c-5c(-c5ccccc5)c5ccccc5c4-c4ccccc4)c3)c3ccccc3c2-c2c1c1ccccc1c1ccccc21. The molecule has 0 radical (unpaired) electrons. The molecule has 0 N–H and O–H groups in total. The lowest BCUT2D eigenvalue weighted by atomic mass is 9.78. The fraction of sp³-hybridized carbons (Fsp3) is 0.0462. The minimum Gasteiger partial charge on any atom is -0.0622 e. The molecule has 0 bridgehead atoms. The van der Waals surface area contributed by atoms with Gasteiger partial charge in [-0.15, -0.1) is 0 Å². The molecule has 12 aromatic carbocycles. The van der Waals surface area contributed by atoms with Crippen molar-refractivity contribution in [2.24, 2.45) is 0 Å². The van der Waals surface area contributed by atoms with Crippen molar-refractivity contribution < 1.29 is 0 Å². The standard InChI is InChI=1S/C65H42/c1-65(2)56-38-55(46-27-10-12-28-48(46)60(56)63-49-29-13-9-25-44(49)45-26-11-16-32-52(45)64(63)65)42-24-17-23-41(37-42)43-35-36-54-59-47(43)33-18-34-53(59)61-57(39-19-5-3-6-20-39)50-30-14-15-31-51(50)58(62(54)61)40-21-7-4-8-22-40/h3-38H,1-2H3. The third-order valence-corrected chi connectivity index (χ3v) is 14.9. The van der Waals surface area contributed by atoms with Crippen LogP contribution in [-0.4, -0.2) is 0 Å². The summed E-state index contributed by atoms with van der Waals surface area (Å²) in [6.45, 7) is 4.88. The van der Waals surface area contributed by atoms with Gasteiger partial charge in [0.25, 0.3) is 0 Å². The van der Waals surface area contributed by atoms with Crippen LogP contribution in [0, 0.1) is 0 Å². The molecule has 0 saturated heterocycles. The minimum absolute atomic E-state index is 0.209. The van der Waals surface area contributed by atoms with Gasteiger partial charge in [-0.3, -0.25) is 0 Å². The van der Waals surface area contributed by atoms with E-state index in [9.17, 15) is 0 Å². The predicted molar refractivity (Wildman–Crippen MR) is 278 cm³/mol. The van der Waals surface area contributed by atoms with E-state index in [1.807, 2.05) is 0 Å². The van der Waals surface area contributed by atoms with Gasteiger partial charge in [0, 0.05) is 5.41 Å². The van der Waals surface area contributed by atoms with Crippen LogP contribution in [0.3, 0.4) is 0 Å². The summed E-state index contributed by atoms with van der Waals surface area (Å²) in [6, 6.07) is 81.9. The Morgan fingerprint density at radius 1 is 0.246 bits per heavy atom. The van der Waals surface area contributed by atoms with E-state index in [4.69, 9.17) is 0 Å². The second-order valence-electron chi connectivity index (χ2n) is 18.6. The van der Waals surface area contributed by atoms with Gasteiger partial charge < -0.3 is 0 Å². The van der Waals surface area contributed by atoms with Crippen molar-refractivity contribution in [2.75, 3.05) is 0 Å². The van der Waals surface area contributed by atoms with E-state index >= 15 is 0 Å². The van der Waals surface area contributed by atoms with Gasteiger partial charge in [-0.05, 0) is 155 Å². The second-order valence-corrected chi connectivity index (χ2v) is 18.6. The van der Waals surface area contributed by atoms with Gasteiger partial charge in [0.2, 0.25) is 0 Å². The van der Waals surface area contributed by atoms with Crippen LogP contribution in [0.4, 0.5) is 0 Å². The van der Waals surface area contributed by atoms with Crippen molar-refractivity contribution in [3.05, 3.63) is 230 Å². The molecule has 0 aromatic heterocycles. The fourth-order valence-electron chi connectivity index (χ4n) is 12.3. The van der Waals surface area contributed by atoms with E-state index in [0.717, 1.165) is 0 Å². The molecule has 0 amide bonds. The molecule has 2 aliphatic rings. The van der Waals surface area contributed by atoms with E-state index in [0.29, 0.717) is 0 Å². The topological polar surface area (TPSA) is 0 Å². The molecule has 14 rings (SSSR count). The van der Waals surface area contributed by atoms with Gasteiger partial charge in [0.15, 0.2) is 0 Å². The maximum Gasteiger partial charge on any atom is 0.0165 e. The summed E-state index contributed by atoms with van der Waals surface area (Å²) in [6.07, 6.45) is 0. The Labute approximate surface area is 378 Å². The predicted octanol–water partition coefficient (Wildman–Crippen LogP) is 18.1. The van der Waals surface area contributed by atoms with E-state index in [-0.39, 0.29) is 5.41 Å². The Hall–Kier alpha value is -8.06. The van der Waals surface area contributed by atoms with E-state index < -0.39 is 0 Å². The molecule has 0 spiro atoms. The average Bonchev–Trinajstić information content (AvgIpc) is 3.82. The van der Waals surface area contributed by atoms with Crippen LogP contribution in [-0.2, 0) is 5.41 Å². The van der Waals surface area contributed by atoms with Crippen molar-refractivity contribution >= 4 is 53.9 Å². The Morgan fingerprint density at radius 3 is 1.28 bits per heavy atom. The summed E-state index contributed by atoms with van der Waals surface area (Å²) >= 11 is 0.